The van der Waals surface area contributed by atoms with Crippen molar-refractivity contribution in [3.05, 3.63) is 0 Å². The van der Waals surface area contributed by atoms with Crippen LogP contribution in [0, 0.1) is 0 Å². The van der Waals surface area contributed by atoms with E-state index in [0.29, 0.717) is 6.54 Å². The number of morpholine rings is 1. The van der Waals surface area contributed by atoms with Gasteiger partial charge in [0.15, 0.2) is 0 Å². The Morgan fingerprint density at radius 1 is 0.941 bits per heavy atom. The van der Waals surface area contributed by atoms with Crippen molar-refractivity contribution in [1.29, 1.82) is 0 Å². The fourth-order valence-electron chi connectivity index (χ4n) is 2.11. The van der Waals surface area contributed by atoms with E-state index in [-0.39, 0.29) is 13.2 Å². The molecule has 1 saturated heterocycles. The highest BCUT2D eigenvalue weighted by Crippen LogP contribution is 2.00. The molecule has 5 nitrogen and oxygen atoms in total. The van der Waals surface area contributed by atoms with E-state index in [2.05, 4.69) is 9.80 Å². The van der Waals surface area contributed by atoms with Gasteiger partial charge in [-0.15, -0.1) is 0 Å². The molecule has 1 aliphatic heterocycles. The Morgan fingerprint density at radius 3 is 2.29 bits per heavy atom. The van der Waals surface area contributed by atoms with Gasteiger partial charge in [-0.05, 0) is 25.9 Å². The minimum atomic E-state index is 0.197. The summed E-state index contributed by atoms with van der Waals surface area (Å²) in [5, 5.41) is 17.8. The van der Waals surface area contributed by atoms with Crippen LogP contribution in [0.4, 0.5) is 0 Å². The van der Waals surface area contributed by atoms with E-state index >= 15 is 0 Å². The Labute approximate surface area is 104 Å². The summed E-state index contributed by atoms with van der Waals surface area (Å²) in [4.78, 5) is 4.64. The zero-order chi connectivity index (χ0) is 12.3. The van der Waals surface area contributed by atoms with Crippen LogP contribution in [0.3, 0.4) is 0 Å². The molecule has 0 aromatic rings. The van der Waals surface area contributed by atoms with Crippen LogP contribution < -0.4 is 0 Å². The highest BCUT2D eigenvalue weighted by molar-refractivity contribution is 4.64. The van der Waals surface area contributed by atoms with E-state index < -0.39 is 0 Å². The van der Waals surface area contributed by atoms with Crippen molar-refractivity contribution in [3.63, 3.8) is 0 Å². The molecule has 0 radical (unpaired) electrons. The smallest absolute Gasteiger partial charge is 0.0594 e. The fraction of sp³-hybridized carbons (Fsp3) is 1.00. The predicted molar refractivity (Wildman–Crippen MR) is 67.1 cm³/mol. The Balaban J connectivity index is 2.07. The molecule has 1 rings (SSSR count). The van der Waals surface area contributed by atoms with Crippen LogP contribution in [-0.4, -0.2) is 85.7 Å². The van der Waals surface area contributed by atoms with Crippen molar-refractivity contribution in [2.45, 2.75) is 12.8 Å². The highest BCUT2D eigenvalue weighted by atomic mass is 16.5. The average molecular weight is 246 g/mol. The molecule has 0 aromatic carbocycles. The number of nitrogens with zero attached hydrogens (tertiary/aromatic N) is 2. The first-order valence-corrected chi connectivity index (χ1v) is 6.61. The zero-order valence-corrected chi connectivity index (χ0v) is 10.7. The molecule has 1 heterocycles. The Hall–Kier alpha value is -0.200. The number of aliphatic hydroxyl groups excluding tert-OH is 2. The summed E-state index contributed by atoms with van der Waals surface area (Å²) in [6, 6.07) is 0. The highest BCUT2D eigenvalue weighted by Gasteiger charge is 2.10. The first-order chi connectivity index (χ1) is 8.36. The average Bonchev–Trinajstić information content (AvgIpc) is 2.37. The predicted octanol–water partition coefficient (Wildman–Crippen LogP) is -0.615. The number of rotatable bonds is 9. The Kier molecular flexibility index (Phi) is 8.56. The lowest BCUT2D eigenvalue weighted by atomic mass is 10.3. The molecule has 0 atom stereocenters. The molecule has 0 amide bonds. The van der Waals surface area contributed by atoms with Crippen molar-refractivity contribution in [2.75, 3.05) is 65.7 Å². The number of ether oxygens (including phenoxy) is 1. The first kappa shape index (κ1) is 14.9. The second-order valence-corrected chi connectivity index (χ2v) is 4.45. The van der Waals surface area contributed by atoms with Crippen LogP contribution in [0.1, 0.15) is 12.8 Å². The summed E-state index contributed by atoms with van der Waals surface area (Å²) in [5.41, 5.74) is 0. The summed E-state index contributed by atoms with van der Waals surface area (Å²) in [7, 11) is 0. The van der Waals surface area contributed by atoms with E-state index in [9.17, 15) is 0 Å². The Morgan fingerprint density at radius 2 is 1.65 bits per heavy atom. The summed E-state index contributed by atoms with van der Waals surface area (Å²) in [6.07, 6.45) is 1.91. The molecule has 0 aliphatic carbocycles. The summed E-state index contributed by atoms with van der Waals surface area (Å²) in [5.74, 6) is 0. The fourth-order valence-corrected chi connectivity index (χ4v) is 2.11. The molecular weight excluding hydrogens is 220 g/mol. The summed E-state index contributed by atoms with van der Waals surface area (Å²) in [6.45, 7) is 7.89. The normalized spacial score (nSPS) is 17.8. The van der Waals surface area contributed by atoms with Crippen molar-refractivity contribution >= 4 is 0 Å². The van der Waals surface area contributed by atoms with E-state index in [1.807, 2.05) is 0 Å². The van der Waals surface area contributed by atoms with Gasteiger partial charge in [0.25, 0.3) is 0 Å². The second kappa shape index (κ2) is 9.79. The van der Waals surface area contributed by atoms with Gasteiger partial charge < -0.3 is 19.8 Å². The molecule has 0 bridgehead atoms. The van der Waals surface area contributed by atoms with Gasteiger partial charge in [-0.1, -0.05) is 0 Å². The number of hydrogen-bond acceptors (Lipinski definition) is 5. The molecule has 1 fully saturated rings. The number of hydrogen-bond donors (Lipinski definition) is 2. The van der Waals surface area contributed by atoms with Crippen molar-refractivity contribution in [1.82, 2.24) is 9.80 Å². The molecule has 0 saturated carbocycles. The lowest BCUT2D eigenvalue weighted by molar-refractivity contribution is 0.0358. The molecular formula is C12H26N2O3. The zero-order valence-electron chi connectivity index (χ0n) is 10.7. The SMILES string of the molecule is OCCCN(CCO)CCCN1CCOCC1. The monoisotopic (exact) mass is 246 g/mol. The maximum atomic E-state index is 8.95. The summed E-state index contributed by atoms with van der Waals surface area (Å²) < 4.78 is 5.31. The van der Waals surface area contributed by atoms with Crippen LogP contribution in [0.5, 0.6) is 0 Å². The van der Waals surface area contributed by atoms with Crippen molar-refractivity contribution < 1.29 is 14.9 Å². The third-order valence-electron chi connectivity index (χ3n) is 3.10. The molecule has 2 N–H and O–H groups in total. The molecule has 1 aliphatic rings. The lowest BCUT2D eigenvalue weighted by Crippen LogP contribution is -2.38. The maximum Gasteiger partial charge on any atom is 0.0594 e. The van der Waals surface area contributed by atoms with E-state index in [4.69, 9.17) is 14.9 Å². The molecule has 102 valence electrons. The van der Waals surface area contributed by atoms with Crippen molar-refractivity contribution in [2.24, 2.45) is 0 Å². The van der Waals surface area contributed by atoms with Gasteiger partial charge in [0.2, 0.25) is 0 Å². The molecule has 0 unspecified atom stereocenters. The lowest BCUT2D eigenvalue weighted by Gasteiger charge is -2.28. The van der Waals surface area contributed by atoms with Gasteiger partial charge in [0.1, 0.15) is 0 Å². The van der Waals surface area contributed by atoms with Crippen molar-refractivity contribution in [3.8, 4) is 0 Å². The standard InChI is InChI=1S/C12H26N2O3/c15-9-2-5-13(6-10-16)3-1-4-14-7-11-17-12-8-14/h15-16H,1-12H2. The van der Waals surface area contributed by atoms with Gasteiger partial charge in [-0.25, -0.2) is 0 Å². The molecule has 0 aromatic heterocycles. The van der Waals surface area contributed by atoms with E-state index in [0.717, 1.165) is 58.8 Å². The van der Waals surface area contributed by atoms with Crippen LogP contribution in [0.2, 0.25) is 0 Å². The van der Waals surface area contributed by atoms with Gasteiger partial charge in [-0.3, -0.25) is 4.90 Å². The molecule has 17 heavy (non-hydrogen) atoms. The van der Waals surface area contributed by atoms with Crippen LogP contribution in [0.15, 0.2) is 0 Å². The maximum absolute atomic E-state index is 8.95. The van der Waals surface area contributed by atoms with E-state index in [1.165, 1.54) is 0 Å². The number of aliphatic hydroxyl groups is 2. The Bertz CT molecular complexity index is 175. The minimum absolute atomic E-state index is 0.197. The topological polar surface area (TPSA) is 56.2 Å². The van der Waals surface area contributed by atoms with Gasteiger partial charge >= 0.3 is 0 Å². The summed E-state index contributed by atoms with van der Waals surface area (Å²) >= 11 is 0. The second-order valence-electron chi connectivity index (χ2n) is 4.45. The van der Waals surface area contributed by atoms with Gasteiger partial charge in [-0.2, -0.15) is 0 Å². The first-order valence-electron chi connectivity index (χ1n) is 6.61. The van der Waals surface area contributed by atoms with E-state index in [1.54, 1.807) is 0 Å². The van der Waals surface area contributed by atoms with Crippen LogP contribution >= 0.6 is 0 Å². The van der Waals surface area contributed by atoms with Gasteiger partial charge in [0, 0.05) is 32.8 Å². The molecule has 0 spiro atoms. The molecule has 5 heteroatoms. The van der Waals surface area contributed by atoms with Gasteiger partial charge in [0.05, 0.1) is 19.8 Å². The largest absolute Gasteiger partial charge is 0.396 e. The van der Waals surface area contributed by atoms with Crippen LogP contribution in [0.25, 0.3) is 0 Å². The van der Waals surface area contributed by atoms with Crippen LogP contribution in [-0.2, 0) is 4.74 Å². The quantitative estimate of drug-likeness (QED) is 0.568. The third kappa shape index (κ3) is 6.95. The third-order valence-corrected chi connectivity index (χ3v) is 3.10. The minimum Gasteiger partial charge on any atom is -0.396 e.